The van der Waals surface area contributed by atoms with Crippen LogP contribution in [0.2, 0.25) is 5.02 Å². The van der Waals surface area contributed by atoms with Crippen LogP contribution >= 0.6 is 11.6 Å². The van der Waals surface area contributed by atoms with Crippen molar-refractivity contribution in [3.8, 4) is 22.5 Å². The molecule has 4 aromatic rings. The number of piperidine rings is 1. The SMILES string of the molecule is CC(C)NC(=O)Cn1c(-c2cccc(Cl)c2)nc2ccc(-c3ccc(CN4CCCCC4)cc3)cc2c1=O. The van der Waals surface area contributed by atoms with Crippen molar-refractivity contribution >= 4 is 28.4 Å². The topological polar surface area (TPSA) is 67.2 Å². The molecule has 0 spiro atoms. The van der Waals surface area contributed by atoms with Crippen molar-refractivity contribution in [2.24, 2.45) is 0 Å². The molecule has 0 saturated carbocycles. The number of nitrogens with zero attached hydrogens (tertiary/aromatic N) is 3. The van der Waals surface area contributed by atoms with Crippen LogP contribution in [0.1, 0.15) is 38.7 Å². The summed E-state index contributed by atoms with van der Waals surface area (Å²) in [6.45, 7) is 6.95. The Morgan fingerprint density at radius 3 is 2.39 bits per heavy atom. The predicted octanol–water partition coefficient (Wildman–Crippen LogP) is 5.89. The highest BCUT2D eigenvalue weighted by molar-refractivity contribution is 6.30. The lowest BCUT2D eigenvalue weighted by atomic mass is 10.0. The Morgan fingerprint density at radius 2 is 1.68 bits per heavy atom. The Balaban J connectivity index is 1.52. The average Bonchev–Trinajstić information content (AvgIpc) is 2.90. The third-order valence-electron chi connectivity index (χ3n) is 6.93. The quantitative estimate of drug-likeness (QED) is 0.324. The van der Waals surface area contributed by atoms with Gasteiger partial charge in [0.15, 0.2) is 0 Å². The first-order valence-corrected chi connectivity index (χ1v) is 13.7. The first-order chi connectivity index (χ1) is 18.4. The number of carbonyl (C=O) groups is 1. The normalized spacial score (nSPS) is 14.2. The Kier molecular flexibility index (Phi) is 7.91. The Morgan fingerprint density at radius 1 is 0.947 bits per heavy atom. The minimum Gasteiger partial charge on any atom is -0.352 e. The second kappa shape index (κ2) is 11.5. The summed E-state index contributed by atoms with van der Waals surface area (Å²) >= 11 is 6.24. The molecule has 0 aliphatic carbocycles. The number of fused-ring (bicyclic) bond motifs is 1. The predicted molar refractivity (Wildman–Crippen MR) is 154 cm³/mol. The van der Waals surface area contributed by atoms with Crippen molar-refractivity contribution in [3.63, 3.8) is 0 Å². The van der Waals surface area contributed by atoms with E-state index in [1.54, 1.807) is 12.1 Å². The van der Waals surface area contributed by atoms with Gasteiger partial charge in [0.1, 0.15) is 12.4 Å². The molecule has 1 N–H and O–H groups in total. The van der Waals surface area contributed by atoms with Gasteiger partial charge in [0.2, 0.25) is 5.91 Å². The number of hydrogen-bond acceptors (Lipinski definition) is 4. The molecule has 0 bridgehead atoms. The molecule has 1 fully saturated rings. The lowest BCUT2D eigenvalue weighted by Crippen LogP contribution is -2.37. The molecular weight excluding hydrogens is 496 g/mol. The van der Waals surface area contributed by atoms with Crippen LogP contribution in [-0.2, 0) is 17.9 Å². The molecule has 1 saturated heterocycles. The van der Waals surface area contributed by atoms with Crippen LogP contribution in [0.25, 0.3) is 33.4 Å². The fourth-order valence-corrected chi connectivity index (χ4v) is 5.27. The van der Waals surface area contributed by atoms with Crippen molar-refractivity contribution in [3.05, 3.63) is 87.7 Å². The molecule has 2 heterocycles. The number of rotatable bonds is 7. The zero-order valence-corrected chi connectivity index (χ0v) is 22.7. The maximum Gasteiger partial charge on any atom is 0.262 e. The number of aromatic nitrogens is 2. The van der Waals surface area contributed by atoms with E-state index in [1.165, 1.54) is 29.4 Å². The molecule has 0 atom stereocenters. The second-order valence-corrected chi connectivity index (χ2v) is 10.8. The van der Waals surface area contributed by atoms with Crippen molar-refractivity contribution in [2.75, 3.05) is 13.1 Å². The van der Waals surface area contributed by atoms with E-state index in [4.69, 9.17) is 16.6 Å². The second-order valence-electron chi connectivity index (χ2n) is 10.3. The monoisotopic (exact) mass is 528 g/mol. The summed E-state index contributed by atoms with van der Waals surface area (Å²) in [5, 5.41) is 3.88. The highest BCUT2D eigenvalue weighted by Crippen LogP contribution is 2.26. The smallest absolute Gasteiger partial charge is 0.262 e. The number of likely N-dealkylation sites (tertiary alicyclic amines) is 1. The standard InChI is InChI=1S/C31H33ClN4O2/c1-21(2)33-29(37)20-36-30(25-7-6-8-26(32)17-25)34-28-14-13-24(18-27(28)31(36)38)23-11-9-22(10-12-23)19-35-15-4-3-5-16-35/h6-14,17-18,21H,3-5,15-16,19-20H2,1-2H3,(H,33,37). The maximum atomic E-state index is 13.8. The Bertz CT molecular complexity index is 1510. The summed E-state index contributed by atoms with van der Waals surface area (Å²) in [6.07, 6.45) is 3.88. The Labute approximate surface area is 228 Å². The molecule has 5 rings (SSSR count). The van der Waals surface area contributed by atoms with Crippen LogP contribution < -0.4 is 10.9 Å². The van der Waals surface area contributed by atoms with Crippen molar-refractivity contribution in [2.45, 2.75) is 52.2 Å². The summed E-state index contributed by atoms with van der Waals surface area (Å²) in [4.78, 5) is 33.8. The fourth-order valence-electron chi connectivity index (χ4n) is 5.08. The molecular formula is C31H33ClN4O2. The number of hydrogen-bond donors (Lipinski definition) is 1. The van der Waals surface area contributed by atoms with Gasteiger partial charge in [-0.3, -0.25) is 19.1 Å². The zero-order valence-electron chi connectivity index (χ0n) is 21.9. The summed E-state index contributed by atoms with van der Waals surface area (Å²) < 4.78 is 1.44. The molecule has 0 radical (unpaired) electrons. The van der Waals surface area contributed by atoms with Crippen LogP contribution in [0.5, 0.6) is 0 Å². The number of benzene rings is 3. The van der Waals surface area contributed by atoms with Gasteiger partial charge in [-0.2, -0.15) is 0 Å². The van der Waals surface area contributed by atoms with Gasteiger partial charge >= 0.3 is 0 Å². The highest BCUT2D eigenvalue weighted by Gasteiger charge is 2.17. The molecule has 0 unspecified atom stereocenters. The van der Waals surface area contributed by atoms with Gasteiger partial charge in [-0.25, -0.2) is 4.98 Å². The molecule has 1 aliphatic rings. The lowest BCUT2D eigenvalue weighted by Gasteiger charge is -2.26. The third-order valence-corrected chi connectivity index (χ3v) is 7.17. The van der Waals surface area contributed by atoms with Crippen LogP contribution in [0.3, 0.4) is 0 Å². The minimum absolute atomic E-state index is 0.0364. The van der Waals surface area contributed by atoms with E-state index < -0.39 is 0 Å². The van der Waals surface area contributed by atoms with E-state index in [0.29, 0.717) is 27.3 Å². The van der Waals surface area contributed by atoms with Crippen LogP contribution in [0, 0.1) is 0 Å². The van der Waals surface area contributed by atoms with Gasteiger partial charge in [0.25, 0.3) is 5.56 Å². The highest BCUT2D eigenvalue weighted by atomic mass is 35.5. The van der Waals surface area contributed by atoms with Crippen molar-refractivity contribution in [1.82, 2.24) is 19.8 Å². The van der Waals surface area contributed by atoms with E-state index in [9.17, 15) is 9.59 Å². The van der Waals surface area contributed by atoms with Crippen LogP contribution in [0.4, 0.5) is 0 Å². The number of carbonyl (C=O) groups excluding carboxylic acids is 1. The van der Waals surface area contributed by atoms with Gasteiger partial charge in [0.05, 0.1) is 10.9 Å². The minimum atomic E-state index is -0.257. The molecule has 196 valence electrons. The molecule has 7 heteroatoms. The van der Waals surface area contributed by atoms with Crippen molar-refractivity contribution in [1.29, 1.82) is 0 Å². The van der Waals surface area contributed by atoms with E-state index in [-0.39, 0.29) is 24.1 Å². The van der Waals surface area contributed by atoms with Gasteiger partial charge < -0.3 is 5.32 Å². The van der Waals surface area contributed by atoms with Crippen LogP contribution in [0.15, 0.2) is 71.5 Å². The average molecular weight is 529 g/mol. The van der Waals surface area contributed by atoms with E-state index in [1.807, 2.05) is 44.2 Å². The molecule has 6 nitrogen and oxygen atoms in total. The van der Waals surface area contributed by atoms with E-state index in [2.05, 4.69) is 34.5 Å². The maximum absolute atomic E-state index is 13.8. The first kappa shape index (κ1) is 26.1. The van der Waals surface area contributed by atoms with E-state index >= 15 is 0 Å². The molecule has 1 aliphatic heterocycles. The van der Waals surface area contributed by atoms with Crippen LogP contribution in [-0.4, -0.2) is 39.5 Å². The number of amides is 1. The first-order valence-electron chi connectivity index (χ1n) is 13.3. The largest absolute Gasteiger partial charge is 0.352 e. The zero-order chi connectivity index (χ0) is 26.6. The number of nitrogens with one attached hydrogen (secondary N) is 1. The summed E-state index contributed by atoms with van der Waals surface area (Å²) in [7, 11) is 0. The fraction of sp³-hybridized carbons (Fsp3) is 0.323. The van der Waals surface area contributed by atoms with Gasteiger partial charge in [-0.15, -0.1) is 0 Å². The molecule has 38 heavy (non-hydrogen) atoms. The summed E-state index contributed by atoms with van der Waals surface area (Å²) in [5.74, 6) is 0.172. The lowest BCUT2D eigenvalue weighted by molar-refractivity contribution is -0.122. The van der Waals surface area contributed by atoms with E-state index in [0.717, 1.165) is 30.8 Å². The van der Waals surface area contributed by atoms with Gasteiger partial charge in [-0.05, 0) is 80.7 Å². The molecule has 1 aromatic heterocycles. The Hall–Kier alpha value is -3.48. The third kappa shape index (κ3) is 5.98. The summed E-state index contributed by atoms with van der Waals surface area (Å²) in [6, 6.07) is 21.5. The number of halogens is 1. The summed E-state index contributed by atoms with van der Waals surface area (Å²) in [5.41, 5.74) is 4.28. The molecule has 3 aromatic carbocycles. The van der Waals surface area contributed by atoms with Crippen molar-refractivity contribution < 1.29 is 4.79 Å². The molecule has 1 amide bonds. The van der Waals surface area contributed by atoms with Gasteiger partial charge in [0, 0.05) is 23.2 Å². The van der Waals surface area contributed by atoms with Gasteiger partial charge in [-0.1, -0.05) is 60.5 Å².